The summed E-state index contributed by atoms with van der Waals surface area (Å²) >= 11 is 6.18. The fraction of sp³-hybridized carbons (Fsp3) is 0.158. The quantitative estimate of drug-likeness (QED) is 0.628. The molecule has 1 aliphatic rings. The summed E-state index contributed by atoms with van der Waals surface area (Å²) in [5.74, 6) is 0.519. The summed E-state index contributed by atoms with van der Waals surface area (Å²) < 4.78 is 6.12. The van der Waals surface area contributed by atoms with E-state index in [4.69, 9.17) is 16.0 Å². The van der Waals surface area contributed by atoms with Crippen LogP contribution < -0.4 is 10.3 Å². The molecule has 0 amide bonds. The summed E-state index contributed by atoms with van der Waals surface area (Å²) in [5.41, 5.74) is 3.33. The molecule has 1 aliphatic heterocycles. The molecule has 0 atom stereocenters. The second-order valence-electron chi connectivity index (χ2n) is 5.69. The molecule has 120 valence electrons. The van der Waals surface area contributed by atoms with Crippen molar-refractivity contribution in [1.29, 1.82) is 0 Å². The first-order chi connectivity index (χ1) is 11.6. The highest BCUT2D eigenvalue weighted by Crippen LogP contribution is 2.38. The standard InChI is InChI=1S/C19H15ClN2O2/c1-3-22-15-7-5-4-6-14(15)21-10-12-18(23)17-11(2)13(20)8-9-16(17)24-19(12)22/h4-10H,3H2,1-2H3. The third-order valence-electron chi connectivity index (χ3n) is 4.34. The average Bonchev–Trinajstić information content (AvgIpc) is 2.75. The summed E-state index contributed by atoms with van der Waals surface area (Å²) in [5, 5.41) is 1.06. The molecule has 24 heavy (non-hydrogen) atoms. The molecule has 0 spiro atoms. The predicted molar refractivity (Wildman–Crippen MR) is 98.6 cm³/mol. The van der Waals surface area contributed by atoms with Crippen LogP contribution in [0.2, 0.25) is 5.02 Å². The number of fused-ring (bicyclic) bond motifs is 3. The van der Waals surface area contributed by atoms with Gasteiger partial charge in [-0.2, -0.15) is 0 Å². The van der Waals surface area contributed by atoms with Gasteiger partial charge in [-0.15, -0.1) is 0 Å². The van der Waals surface area contributed by atoms with Crippen LogP contribution in [0.5, 0.6) is 0 Å². The molecule has 2 heterocycles. The van der Waals surface area contributed by atoms with Crippen molar-refractivity contribution in [2.75, 3.05) is 11.4 Å². The number of rotatable bonds is 1. The van der Waals surface area contributed by atoms with Gasteiger partial charge in [-0.25, -0.2) is 0 Å². The lowest BCUT2D eigenvalue weighted by atomic mass is 10.1. The monoisotopic (exact) mass is 338 g/mol. The normalized spacial score (nSPS) is 12.9. The zero-order valence-corrected chi connectivity index (χ0v) is 14.1. The van der Waals surface area contributed by atoms with Crippen LogP contribution in [-0.4, -0.2) is 12.8 Å². The number of hydrogen-bond acceptors (Lipinski definition) is 4. The van der Waals surface area contributed by atoms with E-state index < -0.39 is 0 Å². The maximum absolute atomic E-state index is 13.1. The van der Waals surface area contributed by atoms with Crippen LogP contribution >= 0.6 is 11.6 Å². The predicted octanol–water partition coefficient (Wildman–Crippen LogP) is 4.98. The number of benzene rings is 2. The van der Waals surface area contributed by atoms with Crippen molar-refractivity contribution in [1.82, 2.24) is 0 Å². The minimum atomic E-state index is -0.110. The van der Waals surface area contributed by atoms with Crippen molar-refractivity contribution >= 4 is 46.0 Å². The number of aryl methyl sites for hydroxylation is 1. The number of para-hydroxylation sites is 2. The van der Waals surface area contributed by atoms with Gasteiger partial charge in [0.25, 0.3) is 0 Å². The van der Waals surface area contributed by atoms with Gasteiger partial charge in [0.2, 0.25) is 11.3 Å². The van der Waals surface area contributed by atoms with Crippen molar-refractivity contribution in [3.63, 3.8) is 0 Å². The van der Waals surface area contributed by atoms with E-state index in [2.05, 4.69) is 4.99 Å². The van der Waals surface area contributed by atoms with Gasteiger partial charge in [0.05, 0.1) is 16.8 Å². The zero-order valence-electron chi connectivity index (χ0n) is 13.3. The van der Waals surface area contributed by atoms with Gasteiger partial charge in [0.15, 0.2) is 0 Å². The topological polar surface area (TPSA) is 45.8 Å². The van der Waals surface area contributed by atoms with E-state index in [-0.39, 0.29) is 5.43 Å². The lowest BCUT2D eigenvalue weighted by molar-refractivity contribution is 0.595. The van der Waals surface area contributed by atoms with Crippen molar-refractivity contribution < 1.29 is 4.42 Å². The Morgan fingerprint density at radius 2 is 2.00 bits per heavy atom. The zero-order chi connectivity index (χ0) is 16.8. The van der Waals surface area contributed by atoms with Gasteiger partial charge in [0.1, 0.15) is 11.1 Å². The summed E-state index contributed by atoms with van der Waals surface area (Å²) in [4.78, 5) is 19.5. The van der Waals surface area contributed by atoms with Gasteiger partial charge < -0.3 is 9.32 Å². The molecular formula is C19H15ClN2O2. The number of anilines is 2. The van der Waals surface area contributed by atoms with Crippen LogP contribution in [-0.2, 0) is 0 Å². The molecule has 3 aromatic rings. The molecule has 4 nitrogen and oxygen atoms in total. The summed E-state index contributed by atoms with van der Waals surface area (Å²) in [6.45, 7) is 4.51. The van der Waals surface area contributed by atoms with Crippen LogP contribution in [0, 0.1) is 6.92 Å². The Kier molecular flexibility index (Phi) is 3.43. The fourth-order valence-electron chi connectivity index (χ4n) is 3.09. The molecule has 0 aliphatic carbocycles. The lowest BCUT2D eigenvalue weighted by Crippen LogP contribution is -2.21. The van der Waals surface area contributed by atoms with E-state index in [0.717, 1.165) is 16.9 Å². The van der Waals surface area contributed by atoms with E-state index >= 15 is 0 Å². The molecule has 1 aromatic heterocycles. The maximum Gasteiger partial charge on any atom is 0.213 e. The Morgan fingerprint density at radius 1 is 1.21 bits per heavy atom. The van der Waals surface area contributed by atoms with E-state index in [0.29, 0.717) is 34.0 Å². The fourth-order valence-corrected chi connectivity index (χ4v) is 3.25. The Morgan fingerprint density at radius 3 is 2.79 bits per heavy atom. The smallest absolute Gasteiger partial charge is 0.213 e. The van der Waals surface area contributed by atoms with Gasteiger partial charge >= 0.3 is 0 Å². The van der Waals surface area contributed by atoms with Crippen molar-refractivity contribution in [3.8, 4) is 0 Å². The van der Waals surface area contributed by atoms with Gasteiger partial charge in [0, 0.05) is 17.8 Å². The molecule has 0 fully saturated rings. The number of halogens is 1. The van der Waals surface area contributed by atoms with Crippen LogP contribution in [0.15, 0.2) is 50.6 Å². The third kappa shape index (κ3) is 2.07. The van der Waals surface area contributed by atoms with E-state index in [1.165, 1.54) is 0 Å². The van der Waals surface area contributed by atoms with Crippen molar-refractivity contribution in [3.05, 3.63) is 62.8 Å². The molecule has 0 radical (unpaired) electrons. The Hall–Kier alpha value is -2.59. The molecule has 0 saturated carbocycles. The highest BCUT2D eigenvalue weighted by Gasteiger charge is 2.24. The molecule has 0 saturated heterocycles. The first kappa shape index (κ1) is 15.0. The summed E-state index contributed by atoms with van der Waals surface area (Å²) in [6.07, 6.45) is 1.59. The van der Waals surface area contributed by atoms with Gasteiger partial charge in [-0.3, -0.25) is 9.79 Å². The highest BCUT2D eigenvalue weighted by molar-refractivity contribution is 6.32. The number of hydrogen-bond donors (Lipinski definition) is 0. The maximum atomic E-state index is 13.1. The van der Waals surface area contributed by atoms with Crippen molar-refractivity contribution in [2.45, 2.75) is 13.8 Å². The molecule has 2 aromatic carbocycles. The Bertz CT molecular complexity index is 1050. The molecule has 0 N–H and O–H groups in total. The van der Waals surface area contributed by atoms with Crippen LogP contribution in [0.3, 0.4) is 0 Å². The minimum absolute atomic E-state index is 0.110. The molecule has 5 heteroatoms. The highest BCUT2D eigenvalue weighted by atomic mass is 35.5. The molecule has 4 rings (SSSR count). The molecule has 0 bridgehead atoms. The van der Waals surface area contributed by atoms with E-state index in [1.807, 2.05) is 43.0 Å². The molecular weight excluding hydrogens is 324 g/mol. The Balaban J connectivity index is 2.12. The van der Waals surface area contributed by atoms with Crippen LogP contribution in [0.4, 0.5) is 17.3 Å². The molecule has 0 unspecified atom stereocenters. The lowest BCUT2D eigenvalue weighted by Gasteiger charge is -2.23. The van der Waals surface area contributed by atoms with E-state index in [9.17, 15) is 4.79 Å². The largest absolute Gasteiger partial charge is 0.439 e. The minimum Gasteiger partial charge on any atom is -0.439 e. The van der Waals surface area contributed by atoms with Gasteiger partial charge in [-0.05, 0) is 43.7 Å². The second kappa shape index (κ2) is 5.49. The Labute approximate surface area is 144 Å². The van der Waals surface area contributed by atoms with Crippen LogP contribution in [0.1, 0.15) is 18.1 Å². The average molecular weight is 339 g/mol. The first-order valence-corrected chi connectivity index (χ1v) is 8.16. The second-order valence-corrected chi connectivity index (χ2v) is 6.09. The SMILES string of the molecule is CCN1c2ccccc2N=Cc2c1oc1ccc(Cl)c(C)c1c2=O. The van der Waals surface area contributed by atoms with Crippen LogP contribution in [0.25, 0.3) is 11.0 Å². The van der Waals surface area contributed by atoms with E-state index in [1.54, 1.807) is 18.3 Å². The van der Waals surface area contributed by atoms with Crippen molar-refractivity contribution in [2.24, 2.45) is 4.99 Å². The summed E-state index contributed by atoms with van der Waals surface area (Å²) in [6, 6.07) is 11.3. The van der Waals surface area contributed by atoms with Gasteiger partial charge in [-0.1, -0.05) is 23.7 Å². The number of nitrogens with zero attached hydrogens (tertiary/aromatic N) is 2. The summed E-state index contributed by atoms with van der Waals surface area (Å²) in [7, 11) is 0. The third-order valence-corrected chi connectivity index (χ3v) is 4.75. The first-order valence-electron chi connectivity index (χ1n) is 7.78. The number of aliphatic imine (C=N–C) groups is 1.